The van der Waals surface area contributed by atoms with Gasteiger partial charge in [-0.2, -0.15) is 0 Å². The maximum absolute atomic E-state index is 12.9. The van der Waals surface area contributed by atoms with E-state index in [1.165, 1.54) is 12.3 Å². The van der Waals surface area contributed by atoms with Gasteiger partial charge < -0.3 is 10.5 Å². The molecule has 1 aromatic carbocycles. The molecule has 98 valence electrons. The van der Waals surface area contributed by atoms with E-state index >= 15 is 0 Å². The summed E-state index contributed by atoms with van der Waals surface area (Å²) in [5.41, 5.74) is 7.77. The van der Waals surface area contributed by atoms with Crippen LogP contribution in [-0.2, 0) is 11.3 Å². The molecule has 0 saturated carbocycles. The van der Waals surface area contributed by atoms with Crippen molar-refractivity contribution >= 4 is 11.7 Å². The number of ether oxygens (including phenoxy) is 1. The molecule has 4 nitrogen and oxygen atoms in total. The number of nitrogen functional groups attached to an aromatic ring is 1. The van der Waals surface area contributed by atoms with Crippen molar-refractivity contribution in [1.29, 1.82) is 0 Å². The zero-order chi connectivity index (χ0) is 13.8. The third-order valence-electron chi connectivity index (χ3n) is 2.56. The van der Waals surface area contributed by atoms with Crippen LogP contribution in [0.15, 0.2) is 36.7 Å². The third-order valence-corrected chi connectivity index (χ3v) is 2.56. The summed E-state index contributed by atoms with van der Waals surface area (Å²) < 4.78 is 18.0. The first-order valence-corrected chi connectivity index (χ1v) is 5.69. The van der Waals surface area contributed by atoms with Crippen LogP contribution in [0.25, 0.3) is 0 Å². The number of anilines is 1. The first-order chi connectivity index (χ1) is 9.06. The number of carbonyl (C=O) groups excluding carboxylic acids is 1. The smallest absolute Gasteiger partial charge is 0.340 e. The van der Waals surface area contributed by atoms with Crippen molar-refractivity contribution < 1.29 is 13.9 Å². The fraction of sp³-hybridized carbons (Fsp3) is 0.143. The number of halogens is 1. The van der Waals surface area contributed by atoms with Crippen LogP contribution in [0.4, 0.5) is 10.1 Å². The Morgan fingerprint density at radius 3 is 2.89 bits per heavy atom. The Bertz CT molecular complexity index is 614. The van der Waals surface area contributed by atoms with E-state index < -0.39 is 11.8 Å². The van der Waals surface area contributed by atoms with E-state index in [1.54, 1.807) is 12.1 Å². The standard InChI is InChI=1S/C14H13FN2O2/c1-9-2-3-13(16)12(4-9)14(18)19-8-10-5-11(15)7-17-6-10/h2-7H,8,16H2,1H3. The zero-order valence-corrected chi connectivity index (χ0v) is 10.4. The van der Waals surface area contributed by atoms with Crippen LogP contribution in [0.1, 0.15) is 21.5 Å². The Morgan fingerprint density at radius 2 is 2.16 bits per heavy atom. The Hall–Kier alpha value is -2.43. The van der Waals surface area contributed by atoms with E-state index in [9.17, 15) is 9.18 Å². The van der Waals surface area contributed by atoms with Crippen molar-refractivity contribution in [2.75, 3.05) is 5.73 Å². The number of nitrogens with two attached hydrogens (primary N) is 1. The number of rotatable bonds is 3. The van der Waals surface area contributed by atoms with Crippen molar-refractivity contribution in [1.82, 2.24) is 4.98 Å². The molecule has 5 heteroatoms. The van der Waals surface area contributed by atoms with E-state index in [0.717, 1.165) is 11.8 Å². The van der Waals surface area contributed by atoms with Gasteiger partial charge in [0.1, 0.15) is 12.4 Å². The topological polar surface area (TPSA) is 65.2 Å². The zero-order valence-electron chi connectivity index (χ0n) is 10.4. The molecule has 2 N–H and O–H groups in total. The van der Waals surface area contributed by atoms with Gasteiger partial charge in [0, 0.05) is 17.4 Å². The van der Waals surface area contributed by atoms with Crippen LogP contribution in [0.5, 0.6) is 0 Å². The van der Waals surface area contributed by atoms with Gasteiger partial charge in [0.05, 0.1) is 11.8 Å². The van der Waals surface area contributed by atoms with E-state index in [1.807, 2.05) is 13.0 Å². The largest absolute Gasteiger partial charge is 0.457 e. The van der Waals surface area contributed by atoms with Crippen molar-refractivity contribution in [3.63, 3.8) is 0 Å². The maximum Gasteiger partial charge on any atom is 0.340 e. The van der Waals surface area contributed by atoms with Gasteiger partial charge in [-0.15, -0.1) is 0 Å². The predicted octanol–water partition coefficient (Wildman–Crippen LogP) is 2.47. The number of esters is 1. The SMILES string of the molecule is Cc1ccc(N)c(C(=O)OCc2cncc(F)c2)c1. The summed E-state index contributed by atoms with van der Waals surface area (Å²) in [5, 5.41) is 0. The normalized spacial score (nSPS) is 10.2. The fourth-order valence-corrected chi connectivity index (χ4v) is 1.61. The molecule has 0 saturated heterocycles. The summed E-state index contributed by atoms with van der Waals surface area (Å²) in [6.07, 6.45) is 2.53. The monoisotopic (exact) mass is 260 g/mol. The summed E-state index contributed by atoms with van der Waals surface area (Å²) in [5.74, 6) is -1.01. The lowest BCUT2D eigenvalue weighted by Gasteiger charge is -2.07. The molecule has 0 unspecified atom stereocenters. The number of pyridine rings is 1. The van der Waals surface area contributed by atoms with E-state index in [0.29, 0.717) is 16.8 Å². The quantitative estimate of drug-likeness (QED) is 0.680. The van der Waals surface area contributed by atoms with Gasteiger partial charge in [-0.1, -0.05) is 11.6 Å². The second kappa shape index (κ2) is 5.48. The minimum Gasteiger partial charge on any atom is -0.457 e. The number of carbonyl (C=O) groups is 1. The minimum absolute atomic E-state index is 0.0447. The lowest BCUT2D eigenvalue weighted by Crippen LogP contribution is -2.08. The molecule has 1 aromatic heterocycles. The molecule has 0 radical (unpaired) electrons. The Labute approximate surface area is 110 Å². The molecular formula is C14H13FN2O2. The Morgan fingerprint density at radius 1 is 1.37 bits per heavy atom. The number of hydrogen-bond acceptors (Lipinski definition) is 4. The molecule has 0 spiro atoms. The minimum atomic E-state index is -0.537. The second-order valence-corrected chi connectivity index (χ2v) is 4.18. The van der Waals surface area contributed by atoms with Gasteiger partial charge in [-0.3, -0.25) is 4.98 Å². The molecule has 19 heavy (non-hydrogen) atoms. The highest BCUT2D eigenvalue weighted by atomic mass is 19.1. The number of hydrogen-bond donors (Lipinski definition) is 1. The Balaban J connectivity index is 2.07. The van der Waals surface area contributed by atoms with Crippen LogP contribution in [0, 0.1) is 12.7 Å². The molecular weight excluding hydrogens is 247 g/mol. The van der Waals surface area contributed by atoms with Crippen molar-refractivity contribution in [3.05, 3.63) is 59.2 Å². The van der Waals surface area contributed by atoms with Gasteiger partial charge in [0.15, 0.2) is 0 Å². The van der Waals surface area contributed by atoms with Gasteiger partial charge in [-0.25, -0.2) is 9.18 Å². The summed E-state index contributed by atoms with van der Waals surface area (Å²) in [4.78, 5) is 15.5. The highest BCUT2D eigenvalue weighted by Crippen LogP contribution is 2.15. The molecule has 0 aliphatic heterocycles. The van der Waals surface area contributed by atoms with Crippen LogP contribution in [-0.4, -0.2) is 11.0 Å². The molecule has 0 bridgehead atoms. The summed E-state index contributed by atoms with van der Waals surface area (Å²) in [7, 11) is 0. The lowest BCUT2D eigenvalue weighted by molar-refractivity contribution is 0.0473. The molecule has 2 aromatic rings. The first kappa shape index (κ1) is 13.0. The van der Waals surface area contributed by atoms with Gasteiger partial charge in [0.2, 0.25) is 0 Å². The number of aromatic nitrogens is 1. The van der Waals surface area contributed by atoms with Crippen molar-refractivity contribution in [3.8, 4) is 0 Å². The van der Waals surface area contributed by atoms with E-state index in [4.69, 9.17) is 10.5 Å². The summed E-state index contributed by atoms with van der Waals surface area (Å²) >= 11 is 0. The van der Waals surface area contributed by atoms with Crippen molar-refractivity contribution in [2.45, 2.75) is 13.5 Å². The van der Waals surface area contributed by atoms with Gasteiger partial charge >= 0.3 is 5.97 Å². The second-order valence-electron chi connectivity index (χ2n) is 4.18. The average molecular weight is 260 g/mol. The fourth-order valence-electron chi connectivity index (χ4n) is 1.61. The highest BCUT2D eigenvalue weighted by Gasteiger charge is 2.11. The third kappa shape index (κ3) is 3.28. The lowest BCUT2D eigenvalue weighted by atomic mass is 10.1. The molecule has 0 fully saturated rings. The Kier molecular flexibility index (Phi) is 3.75. The van der Waals surface area contributed by atoms with Crippen LogP contribution < -0.4 is 5.73 Å². The summed E-state index contributed by atoms with van der Waals surface area (Å²) in [6.45, 7) is 1.81. The molecule has 0 aliphatic carbocycles. The molecule has 0 atom stereocenters. The molecule has 1 heterocycles. The number of benzene rings is 1. The highest BCUT2D eigenvalue weighted by molar-refractivity contribution is 5.95. The molecule has 0 aliphatic rings. The number of aryl methyl sites for hydroxylation is 1. The molecule has 2 rings (SSSR count). The molecule has 0 amide bonds. The average Bonchev–Trinajstić information content (AvgIpc) is 2.39. The van der Waals surface area contributed by atoms with Crippen LogP contribution in [0.2, 0.25) is 0 Å². The summed E-state index contributed by atoms with van der Waals surface area (Å²) in [6, 6.07) is 6.37. The maximum atomic E-state index is 12.9. The van der Waals surface area contributed by atoms with E-state index in [-0.39, 0.29) is 6.61 Å². The number of nitrogens with zero attached hydrogens (tertiary/aromatic N) is 1. The van der Waals surface area contributed by atoms with Gasteiger partial charge in [0.25, 0.3) is 0 Å². The van der Waals surface area contributed by atoms with Crippen LogP contribution in [0.3, 0.4) is 0 Å². The predicted molar refractivity (Wildman–Crippen MR) is 68.9 cm³/mol. The van der Waals surface area contributed by atoms with Gasteiger partial charge in [-0.05, 0) is 25.1 Å². The van der Waals surface area contributed by atoms with E-state index in [2.05, 4.69) is 4.98 Å². The van der Waals surface area contributed by atoms with Crippen molar-refractivity contribution in [2.24, 2.45) is 0 Å². The first-order valence-electron chi connectivity index (χ1n) is 5.69. The van der Waals surface area contributed by atoms with Crippen LogP contribution >= 0.6 is 0 Å².